The Hall–Kier alpha value is -3.06. The molecule has 2 aromatic carbocycles. The van der Waals surface area contributed by atoms with Crippen LogP contribution in [0.25, 0.3) is 0 Å². The SMILES string of the molecule is CC(C)NC(=O)NCc1ccc(C(=O)O[C@@H](C)C(=O)Nc2ccccc2Cl)cc1. The molecule has 0 fully saturated rings. The Kier molecular flexibility index (Phi) is 8.03. The molecule has 0 saturated carbocycles. The molecule has 8 heteroatoms. The van der Waals surface area contributed by atoms with Gasteiger partial charge in [0.05, 0.1) is 16.3 Å². The van der Waals surface area contributed by atoms with E-state index in [2.05, 4.69) is 16.0 Å². The van der Waals surface area contributed by atoms with Crippen molar-refractivity contribution in [1.29, 1.82) is 0 Å². The van der Waals surface area contributed by atoms with Crippen molar-refractivity contribution in [3.8, 4) is 0 Å². The van der Waals surface area contributed by atoms with E-state index in [-0.39, 0.29) is 12.1 Å². The molecule has 0 heterocycles. The largest absolute Gasteiger partial charge is 0.449 e. The van der Waals surface area contributed by atoms with Crippen LogP contribution in [0.3, 0.4) is 0 Å². The molecule has 7 nitrogen and oxygen atoms in total. The Labute approximate surface area is 174 Å². The second-order valence-electron chi connectivity index (χ2n) is 6.70. The molecule has 0 spiro atoms. The molecule has 29 heavy (non-hydrogen) atoms. The van der Waals surface area contributed by atoms with Crippen molar-refractivity contribution in [3.63, 3.8) is 0 Å². The Morgan fingerprint density at radius 1 is 1.00 bits per heavy atom. The molecule has 1 atom stereocenters. The number of amides is 3. The Morgan fingerprint density at radius 3 is 2.28 bits per heavy atom. The molecule has 3 amide bonds. The number of hydrogen-bond donors (Lipinski definition) is 3. The predicted molar refractivity (Wildman–Crippen MR) is 112 cm³/mol. The molecule has 0 saturated heterocycles. The lowest BCUT2D eigenvalue weighted by atomic mass is 10.1. The van der Waals surface area contributed by atoms with E-state index in [1.165, 1.54) is 6.92 Å². The van der Waals surface area contributed by atoms with E-state index in [1.54, 1.807) is 48.5 Å². The summed E-state index contributed by atoms with van der Waals surface area (Å²) in [6, 6.07) is 13.2. The zero-order valence-corrected chi connectivity index (χ0v) is 17.2. The number of hydrogen-bond acceptors (Lipinski definition) is 4. The number of anilines is 1. The summed E-state index contributed by atoms with van der Waals surface area (Å²) in [5.74, 6) is -1.10. The molecule has 0 bridgehead atoms. The fourth-order valence-electron chi connectivity index (χ4n) is 2.33. The minimum absolute atomic E-state index is 0.0456. The van der Waals surface area contributed by atoms with Gasteiger partial charge in [-0.1, -0.05) is 35.9 Å². The van der Waals surface area contributed by atoms with Crippen molar-refractivity contribution in [2.24, 2.45) is 0 Å². The number of carbonyl (C=O) groups is 3. The molecule has 0 aliphatic carbocycles. The monoisotopic (exact) mass is 417 g/mol. The highest BCUT2D eigenvalue weighted by molar-refractivity contribution is 6.33. The predicted octanol–water partition coefficient (Wildman–Crippen LogP) is 3.73. The molecule has 0 aromatic heterocycles. The number of esters is 1. The van der Waals surface area contributed by atoms with Crippen LogP contribution in [0.1, 0.15) is 36.7 Å². The first-order valence-corrected chi connectivity index (χ1v) is 9.53. The maximum Gasteiger partial charge on any atom is 0.338 e. The third-order valence-electron chi connectivity index (χ3n) is 3.85. The van der Waals surface area contributed by atoms with E-state index >= 15 is 0 Å². The minimum Gasteiger partial charge on any atom is -0.449 e. The van der Waals surface area contributed by atoms with Gasteiger partial charge in [0.25, 0.3) is 5.91 Å². The fourth-order valence-corrected chi connectivity index (χ4v) is 2.52. The van der Waals surface area contributed by atoms with Crippen molar-refractivity contribution >= 4 is 35.2 Å². The summed E-state index contributed by atoms with van der Waals surface area (Å²) < 4.78 is 5.22. The van der Waals surface area contributed by atoms with Crippen LogP contribution in [-0.4, -0.2) is 30.1 Å². The maximum absolute atomic E-state index is 12.3. The Balaban J connectivity index is 1.87. The van der Waals surface area contributed by atoms with Crippen LogP contribution in [0.15, 0.2) is 48.5 Å². The quantitative estimate of drug-likeness (QED) is 0.598. The van der Waals surface area contributed by atoms with Gasteiger partial charge in [-0.3, -0.25) is 4.79 Å². The Bertz CT molecular complexity index is 868. The van der Waals surface area contributed by atoms with Gasteiger partial charge in [0, 0.05) is 12.6 Å². The molecular weight excluding hydrogens is 394 g/mol. The van der Waals surface area contributed by atoms with Gasteiger partial charge >= 0.3 is 12.0 Å². The fraction of sp³-hybridized carbons (Fsp3) is 0.286. The van der Waals surface area contributed by atoms with Crippen molar-refractivity contribution < 1.29 is 19.1 Å². The highest BCUT2D eigenvalue weighted by atomic mass is 35.5. The number of benzene rings is 2. The average molecular weight is 418 g/mol. The van der Waals surface area contributed by atoms with E-state index in [0.717, 1.165) is 5.56 Å². The topological polar surface area (TPSA) is 96.5 Å². The number of para-hydroxylation sites is 1. The van der Waals surface area contributed by atoms with Crippen LogP contribution < -0.4 is 16.0 Å². The summed E-state index contributed by atoms with van der Waals surface area (Å²) in [4.78, 5) is 36.1. The molecule has 0 unspecified atom stereocenters. The Morgan fingerprint density at radius 2 is 1.66 bits per heavy atom. The smallest absolute Gasteiger partial charge is 0.338 e. The number of rotatable bonds is 7. The lowest BCUT2D eigenvalue weighted by molar-refractivity contribution is -0.123. The van der Waals surface area contributed by atoms with E-state index in [0.29, 0.717) is 22.8 Å². The van der Waals surface area contributed by atoms with Gasteiger partial charge < -0.3 is 20.7 Å². The third kappa shape index (κ3) is 7.12. The third-order valence-corrected chi connectivity index (χ3v) is 4.18. The number of nitrogens with one attached hydrogen (secondary N) is 3. The number of ether oxygens (including phenoxy) is 1. The molecule has 3 N–H and O–H groups in total. The highest BCUT2D eigenvalue weighted by Crippen LogP contribution is 2.20. The number of carbonyl (C=O) groups excluding carboxylic acids is 3. The highest BCUT2D eigenvalue weighted by Gasteiger charge is 2.19. The lowest BCUT2D eigenvalue weighted by Gasteiger charge is -2.14. The molecule has 0 aliphatic heterocycles. The van der Waals surface area contributed by atoms with Crippen LogP contribution in [0.2, 0.25) is 5.02 Å². The minimum atomic E-state index is -1.00. The lowest BCUT2D eigenvalue weighted by Crippen LogP contribution is -2.39. The first-order chi connectivity index (χ1) is 13.8. The summed E-state index contributed by atoms with van der Waals surface area (Å²) >= 11 is 6.01. The van der Waals surface area contributed by atoms with Crippen LogP contribution in [0.5, 0.6) is 0 Å². The molecule has 2 rings (SSSR count). The first-order valence-electron chi connectivity index (χ1n) is 9.16. The maximum atomic E-state index is 12.3. The summed E-state index contributed by atoms with van der Waals surface area (Å²) in [6.07, 6.45) is -1.00. The number of urea groups is 1. The van der Waals surface area contributed by atoms with Gasteiger partial charge in [-0.25, -0.2) is 9.59 Å². The summed E-state index contributed by atoms with van der Waals surface area (Å²) in [7, 11) is 0. The second kappa shape index (κ2) is 10.5. The normalized spacial score (nSPS) is 11.5. The van der Waals surface area contributed by atoms with Crippen molar-refractivity contribution in [2.45, 2.75) is 39.5 Å². The average Bonchev–Trinajstić information content (AvgIpc) is 2.68. The van der Waals surface area contributed by atoms with Crippen LogP contribution >= 0.6 is 11.6 Å². The van der Waals surface area contributed by atoms with Gasteiger partial charge in [-0.15, -0.1) is 0 Å². The van der Waals surface area contributed by atoms with Crippen LogP contribution in [-0.2, 0) is 16.1 Å². The van der Waals surface area contributed by atoms with Gasteiger partial charge in [0.1, 0.15) is 0 Å². The van der Waals surface area contributed by atoms with Gasteiger partial charge in [-0.2, -0.15) is 0 Å². The van der Waals surface area contributed by atoms with E-state index in [1.807, 2.05) is 13.8 Å². The second-order valence-corrected chi connectivity index (χ2v) is 7.10. The van der Waals surface area contributed by atoms with Crippen molar-refractivity contribution in [2.75, 3.05) is 5.32 Å². The molecule has 2 aromatic rings. The van der Waals surface area contributed by atoms with Gasteiger partial charge in [0.2, 0.25) is 0 Å². The zero-order chi connectivity index (χ0) is 21.4. The summed E-state index contributed by atoms with van der Waals surface area (Å²) in [6.45, 7) is 5.55. The molecule has 0 aliphatic rings. The van der Waals surface area contributed by atoms with E-state index in [4.69, 9.17) is 16.3 Å². The molecule has 0 radical (unpaired) electrons. The zero-order valence-electron chi connectivity index (χ0n) is 16.5. The number of halogens is 1. The summed E-state index contributed by atoms with van der Waals surface area (Å²) in [5, 5.41) is 8.47. The molecule has 154 valence electrons. The van der Waals surface area contributed by atoms with Crippen LogP contribution in [0.4, 0.5) is 10.5 Å². The van der Waals surface area contributed by atoms with E-state index < -0.39 is 18.0 Å². The molecular formula is C21H24ClN3O4. The van der Waals surface area contributed by atoms with Crippen molar-refractivity contribution in [3.05, 3.63) is 64.7 Å². The van der Waals surface area contributed by atoms with Gasteiger partial charge in [0.15, 0.2) is 6.10 Å². The summed E-state index contributed by atoms with van der Waals surface area (Å²) in [5.41, 5.74) is 1.57. The first kappa shape index (κ1) is 22.2. The van der Waals surface area contributed by atoms with E-state index in [9.17, 15) is 14.4 Å². The van der Waals surface area contributed by atoms with Gasteiger partial charge in [-0.05, 0) is 50.6 Å². The standard InChI is InChI=1S/C21H24ClN3O4/c1-13(2)24-21(28)23-12-15-8-10-16(11-9-15)20(27)29-14(3)19(26)25-18-7-5-4-6-17(18)22/h4-11,13-14H,12H2,1-3H3,(H,25,26)(H2,23,24,28)/t14-/m0/s1. The van der Waals surface area contributed by atoms with Crippen molar-refractivity contribution in [1.82, 2.24) is 10.6 Å². The van der Waals surface area contributed by atoms with Crippen LogP contribution in [0, 0.1) is 0 Å².